The van der Waals surface area contributed by atoms with E-state index < -0.39 is 11.0 Å². The Kier molecular flexibility index (Phi) is 8.02. The van der Waals surface area contributed by atoms with Crippen LogP contribution in [-0.4, -0.2) is 47.3 Å². The van der Waals surface area contributed by atoms with Gasteiger partial charge >= 0.3 is 0 Å². The molecule has 0 saturated carbocycles. The zero-order valence-corrected chi connectivity index (χ0v) is 13.5. The van der Waals surface area contributed by atoms with Gasteiger partial charge in [0.05, 0.1) is 17.1 Å². The molecule has 7 nitrogen and oxygen atoms in total. The molecule has 1 atom stereocenters. The zero-order valence-electron chi connectivity index (χ0n) is 13.5. The maximum Gasteiger partial charge on any atom is 0.273 e. The van der Waals surface area contributed by atoms with E-state index in [0.29, 0.717) is 31.2 Å². The van der Waals surface area contributed by atoms with E-state index in [1.165, 1.54) is 18.2 Å². The van der Waals surface area contributed by atoms with Crippen LogP contribution in [0.15, 0.2) is 24.3 Å². The van der Waals surface area contributed by atoms with Crippen LogP contribution < -0.4 is 4.74 Å². The molecule has 0 heterocycles. The van der Waals surface area contributed by atoms with Gasteiger partial charge in [-0.2, -0.15) is 5.26 Å². The fraction of sp³-hybridized carbons (Fsp3) is 0.562. The number of aliphatic hydroxyl groups is 1. The Balaban J connectivity index is 2.51. The minimum atomic E-state index is -0.730. The Morgan fingerprint density at radius 2 is 2.17 bits per heavy atom. The van der Waals surface area contributed by atoms with Gasteiger partial charge in [0.25, 0.3) is 5.69 Å². The summed E-state index contributed by atoms with van der Waals surface area (Å²) < 4.78 is 5.42. The quantitative estimate of drug-likeness (QED) is 0.524. The summed E-state index contributed by atoms with van der Waals surface area (Å²) in [5.74, 6) is 0.782. The molecule has 0 saturated heterocycles. The lowest BCUT2D eigenvalue weighted by Gasteiger charge is -2.25. The van der Waals surface area contributed by atoms with Gasteiger partial charge in [-0.05, 0) is 12.0 Å². The van der Waals surface area contributed by atoms with Crippen LogP contribution in [0.2, 0.25) is 0 Å². The van der Waals surface area contributed by atoms with Crippen LogP contribution in [0.3, 0.4) is 0 Å². The largest absolute Gasteiger partial charge is 0.491 e. The standard InChI is InChI=1S/C16H23N3O4/c1-13(2)10-18(8-4-7-17)11-15(20)12-23-16-6-3-5-14(9-16)19(21)22/h3,5-6,9,13,15,20H,4,8,10-12H2,1-2H3. The van der Waals surface area contributed by atoms with Crippen LogP contribution in [0.5, 0.6) is 5.75 Å². The predicted molar refractivity (Wildman–Crippen MR) is 86.1 cm³/mol. The van der Waals surface area contributed by atoms with Crippen molar-refractivity contribution in [2.45, 2.75) is 26.4 Å². The molecule has 0 spiro atoms. The number of rotatable bonds is 10. The number of benzene rings is 1. The Bertz CT molecular complexity index is 542. The van der Waals surface area contributed by atoms with E-state index >= 15 is 0 Å². The highest BCUT2D eigenvalue weighted by atomic mass is 16.6. The number of nitrogens with zero attached hydrogens (tertiary/aromatic N) is 3. The summed E-state index contributed by atoms with van der Waals surface area (Å²) in [5.41, 5.74) is -0.0487. The summed E-state index contributed by atoms with van der Waals surface area (Å²) in [4.78, 5) is 12.2. The third-order valence-electron chi connectivity index (χ3n) is 3.10. The molecule has 1 unspecified atom stereocenters. The van der Waals surface area contributed by atoms with E-state index in [9.17, 15) is 15.2 Å². The number of nitriles is 1. The first-order valence-corrected chi connectivity index (χ1v) is 7.57. The predicted octanol–water partition coefficient (Wildman–Crippen LogP) is 2.21. The topological polar surface area (TPSA) is 99.6 Å². The Hall–Kier alpha value is -2.17. The van der Waals surface area contributed by atoms with Crippen molar-refractivity contribution in [1.29, 1.82) is 5.26 Å². The van der Waals surface area contributed by atoms with E-state index in [1.54, 1.807) is 6.07 Å². The lowest BCUT2D eigenvalue weighted by Crippen LogP contribution is -2.38. The van der Waals surface area contributed by atoms with Gasteiger partial charge in [-0.15, -0.1) is 0 Å². The van der Waals surface area contributed by atoms with Crippen LogP contribution in [-0.2, 0) is 0 Å². The fourth-order valence-electron chi connectivity index (χ4n) is 2.21. The number of hydrogen-bond acceptors (Lipinski definition) is 6. The molecule has 0 aromatic heterocycles. The minimum Gasteiger partial charge on any atom is -0.491 e. The molecule has 0 amide bonds. The highest BCUT2D eigenvalue weighted by Gasteiger charge is 2.14. The van der Waals surface area contributed by atoms with Gasteiger partial charge in [-0.25, -0.2) is 0 Å². The van der Waals surface area contributed by atoms with Crippen molar-refractivity contribution in [3.63, 3.8) is 0 Å². The number of hydrogen-bond donors (Lipinski definition) is 1. The average Bonchev–Trinajstić information content (AvgIpc) is 2.50. The maximum atomic E-state index is 10.7. The van der Waals surface area contributed by atoms with Crippen LogP contribution in [0.4, 0.5) is 5.69 Å². The first-order valence-electron chi connectivity index (χ1n) is 7.57. The lowest BCUT2D eigenvalue weighted by atomic mass is 10.2. The van der Waals surface area contributed by atoms with Gasteiger partial charge in [0.1, 0.15) is 18.5 Å². The third-order valence-corrected chi connectivity index (χ3v) is 3.10. The average molecular weight is 321 g/mol. The highest BCUT2D eigenvalue weighted by Crippen LogP contribution is 2.19. The normalized spacial score (nSPS) is 12.2. The molecular formula is C16H23N3O4. The summed E-state index contributed by atoms with van der Waals surface area (Å²) >= 11 is 0. The molecule has 0 aliphatic rings. The number of ether oxygens (including phenoxy) is 1. The van der Waals surface area contributed by atoms with Crippen molar-refractivity contribution in [2.75, 3.05) is 26.2 Å². The molecular weight excluding hydrogens is 298 g/mol. The Morgan fingerprint density at radius 3 is 2.78 bits per heavy atom. The van der Waals surface area contributed by atoms with Gasteiger partial charge in [0, 0.05) is 32.1 Å². The molecule has 23 heavy (non-hydrogen) atoms. The van der Waals surface area contributed by atoms with Crippen molar-refractivity contribution in [3.8, 4) is 11.8 Å². The number of nitro benzene ring substituents is 1. The van der Waals surface area contributed by atoms with Crippen molar-refractivity contribution >= 4 is 5.69 Å². The van der Waals surface area contributed by atoms with Gasteiger partial charge in [0.2, 0.25) is 0 Å². The number of non-ortho nitro benzene ring substituents is 1. The van der Waals surface area contributed by atoms with Crippen LogP contribution >= 0.6 is 0 Å². The second-order valence-electron chi connectivity index (χ2n) is 5.78. The zero-order chi connectivity index (χ0) is 17.2. The van der Waals surface area contributed by atoms with Crippen LogP contribution in [0.1, 0.15) is 20.3 Å². The van der Waals surface area contributed by atoms with Gasteiger partial charge in [0.15, 0.2) is 0 Å². The van der Waals surface area contributed by atoms with Gasteiger partial charge in [-0.1, -0.05) is 19.9 Å². The monoisotopic (exact) mass is 321 g/mol. The summed E-state index contributed by atoms with van der Waals surface area (Å²) in [7, 11) is 0. The second kappa shape index (κ2) is 9.77. The van der Waals surface area contributed by atoms with Crippen molar-refractivity contribution in [1.82, 2.24) is 4.90 Å². The highest BCUT2D eigenvalue weighted by molar-refractivity contribution is 5.37. The van der Waals surface area contributed by atoms with E-state index in [4.69, 9.17) is 10.00 Å². The fourth-order valence-corrected chi connectivity index (χ4v) is 2.21. The molecule has 1 rings (SSSR count). The van der Waals surface area contributed by atoms with Gasteiger partial charge < -0.3 is 9.84 Å². The van der Waals surface area contributed by atoms with E-state index in [1.807, 2.05) is 4.90 Å². The summed E-state index contributed by atoms with van der Waals surface area (Å²) in [6.45, 7) is 5.98. The molecule has 126 valence electrons. The van der Waals surface area contributed by atoms with Crippen molar-refractivity contribution in [2.24, 2.45) is 5.92 Å². The van der Waals surface area contributed by atoms with Gasteiger partial charge in [-0.3, -0.25) is 15.0 Å². The van der Waals surface area contributed by atoms with Crippen LogP contribution in [0, 0.1) is 27.4 Å². The molecule has 1 aromatic carbocycles. The minimum absolute atomic E-state index is 0.0440. The second-order valence-corrected chi connectivity index (χ2v) is 5.78. The molecule has 0 bridgehead atoms. The molecule has 0 fully saturated rings. The lowest BCUT2D eigenvalue weighted by molar-refractivity contribution is -0.384. The number of aliphatic hydroxyl groups excluding tert-OH is 1. The van der Waals surface area contributed by atoms with Crippen LogP contribution in [0.25, 0.3) is 0 Å². The Labute approximate surface area is 136 Å². The summed E-state index contributed by atoms with van der Waals surface area (Å²) in [6.07, 6.45) is -0.322. The smallest absolute Gasteiger partial charge is 0.273 e. The molecule has 0 aliphatic carbocycles. The molecule has 1 N–H and O–H groups in total. The molecule has 0 aliphatic heterocycles. The first kappa shape index (κ1) is 18.9. The SMILES string of the molecule is CC(C)CN(CCC#N)CC(O)COc1cccc([N+](=O)[O-])c1. The number of nitro groups is 1. The van der Waals surface area contributed by atoms with E-state index in [-0.39, 0.29) is 12.3 Å². The van der Waals surface area contributed by atoms with E-state index in [0.717, 1.165) is 6.54 Å². The molecule has 7 heteroatoms. The van der Waals surface area contributed by atoms with Crippen molar-refractivity contribution in [3.05, 3.63) is 34.4 Å². The molecule has 1 aromatic rings. The third kappa shape index (κ3) is 7.58. The van der Waals surface area contributed by atoms with Crippen molar-refractivity contribution < 1.29 is 14.8 Å². The first-order chi connectivity index (χ1) is 10.9. The Morgan fingerprint density at radius 1 is 1.43 bits per heavy atom. The summed E-state index contributed by atoms with van der Waals surface area (Å²) in [6, 6.07) is 7.96. The summed E-state index contributed by atoms with van der Waals surface area (Å²) in [5, 5.41) is 29.5. The van der Waals surface area contributed by atoms with E-state index in [2.05, 4.69) is 19.9 Å². The maximum absolute atomic E-state index is 10.7. The molecule has 0 radical (unpaired) electrons.